The Bertz CT molecular complexity index is 581. The fourth-order valence-corrected chi connectivity index (χ4v) is 5.00. The molecule has 1 saturated carbocycles. The van der Waals surface area contributed by atoms with Crippen LogP contribution >= 0.6 is 24.0 Å². The zero-order valence-electron chi connectivity index (χ0n) is 20.1. The van der Waals surface area contributed by atoms with Crippen molar-refractivity contribution in [2.24, 2.45) is 22.2 Å². The van der Waals surface area contributed by atoms with Gasteiger partial charge in [-0.15, -0.1) is 24.0 Å². The molecule has 7 nitrogen and oxygen atoms in total. The number of nitrogens with one attached hydrogen (secondary N) is 1. The number of aliphatic imine (C=N–C) groups is 1. The van der Waals surface area contributed by atoms with Crippen LogP contribution in [0.25, 0.3) is 0 Å². The Morgan fingerprint density at radius 3 is 2.29 bits per heavy atom. The Hall–Kier alpha value is -0.610. The second-order valence-corrected chi connectivity index (χ2v) is 9.86. The van der Waals surface area contributed by atoms with Gasteiger partial charge >= 0.3 is 0 Å². The molecule has 2 heterocycles. The third-order valence-electron chi connectivity index (χ3n) is 7.02. The summed E-state index contributed by atoms with van der Waals surface area (Å²) in [6.07, 6.45) is 4.94. The maximum Gasteiger partial charge on any atom is 0.236 e. The molecule has 2 atom stereocenters. The number of likely N-dealkylation sites (tertiary alicyclic amines) is 1. The van der Waals surface area contributed by atoms with E-state index in [-0.39, 0.29) is 24.0 Å². The van der Waals surface area contributed by atoms with E-state index < -0.39 is 0 Å². The predicted octanol–water partition coefficient (Wildman–Crippen LogP) is 2.51. The minimum atomic E-state index is 0. The van der Waals surface area contributed by atoms with Crippen molar-refractivity contribution in [2.45, 2.75) is 46.5 Å². The Balaban J connectivity index is 0.00000341. The summed E-state index contributed by atoms with van der Waals surface area (Å²) in [6, 6.07) is 0. The number of amides is 1. The Kier molecular flexibility index (Phi) is 10.8. The molecule has 0 aromatic rings. The molecular weight excluding hydrogens is 505 g/mol. The van der Waals surface area contributed by atoms with Gasteiger partial charge in [0.25, 0.3) is 0 Å². The standard InChI is InChI=1S/C23H43N5O2.HI/c1-5-30-13-8-23(6-7-23)18-25-22(24-4)27-11-9-26(10-12-27)17-21(29)28-15-19(2)14-20(3)16-28;/h19-20H,5-18H2,1-4H3,(H,24,25);1H. The number of ether oxygens (including phenoxy) is 1. The van der Waals surface area contributed by atoms with Crippen LogP contribution in [0.4, 0.5) is 0 Å². The number of piperidine rings is 1. The maximum absolute atomic E-state index is 12.8. The number of carbonyl (C=O) groups is 1. The van der Waals surface area contributed by atoms with Gasteiger partial charge in [-0.3, -0.25) is 14.7 Å². The van der Waals surface area contributed by atoms with E-state index in [4.69, 9.17) is 4.74 Å². The lowest BCUT2D eigenvalue weighted by molar-refractivity contribution is -0.135. The number of carbonyl (C=O) groups excluding carboxylic acids is 1. The summed E-state index contributed by atoms with van der Waals surface area (Å²) in [5.74, 6) is 2.54. The van der Waals surface area contributed by atoms with Gasteiger partial charge in [0.05, 0.1) is 6.54 Å². The molecule has 0 radical (unpaired) electrons. The van der Waals surface area contributed by atoms with E-state index in [2.05, 4.69) is 45.8 Å². The van der Waals surface area contributed by atoms with Gasteiger partial charge in [0.15, 0.2) is 5.96 Å². The van der Waals surface area contributed by atoms with Gasteiger partial charge in [-0.05, 0) is 49.9 Å². The van der Waals surface area contributed by atoms with Crippen molar-refractivity contribution < 1.29 is 9.53 Å². The summed E-state index contributed by atoms with van der Waals surface area (Å²) in [4.78, 5) is 24.0. The molecule has 0 spiro atoms. The van der Waals surface area contributed by atoms with Crippen molar-refractivity contribution in [2.75, 3.05) is 72.6 Å². The summed E-state index contributed by atoms with van der Waals surface area (Å²) < 4.78 is 5.55. The van der Waals surface area contributed by atoms with Crippen LogP contribution in [-0.4, -0.2) is 99.2 Å². The van der Waals surface area contributed by atoms with E-state index in [0.29, 0.717) is 29.7 Å². The highest BCUT2D eigenvalue weighted by Crippen LogP contribution is 2.48. The minimum absolute atomic E-state index is 0. The molecule has 3 rings (SSSR count). The smallest absolute Gasteiger partial charge is 0.236 e. The number of hydrogen-bond donors (Lipinski definition) is 1. The molecule has 0 bridgehead atoms. The van der Waals surface area contributed by atoms with E-state index >= 15 is 0 Å². The SMILES string of the molecule is CCOCCC1(CNC(=NC)N2CCN(CC(=O)N3CC(C)CC(C)C3)CC2)CC1.I. The molecule has 1 amide bonds. The van der Waals surface area contributed by atoms with Gasteiger partial charge in [0.2, 0.25) is 5.91 Å². The molecule has 0 aromatic heterocycles. The number of piperazine rings is 1. The zero-order valence-corrected chi connectivity index (χ0v) is 22.4. The average Bonchev–Trinajstić information content (AvgIpc) is 3.49. The van der Waals surface area contributed by atoms with E-state index in [1.54, 1.807) is 0 Å². The first-order valence-electron chi connectivity index (χ1n) is 12.0. The highest BCUT2D eigenvalue weighted by Gasteiger charge is 2.42. The number of hydrogen-bond acceptors (Lipinski definition) is 4. The fraction of sp³-hybridized carbons (Fsp3) is 0.913. The van der Waals surface area contributed by atoms with Gasteiger partial charge in [0.1, 0.15) is 0 Å². The molecular formula is C23H44IN5O2. The van der Waals surface area contributed by atoms with Crippen LogP contribution < -0.4 is 5.32 Å². The summed E-state index contributed by atoms with van der Waals surface area (Å²) in [7, 11) is 1.87. The summed E-state index contributed by atoms with van der Waals surface area (Å²) in [5, 5.41) is 3.61. The lowest BCUT2D eigenvalue weighted by Gasteiger charge is -2.39. The average molecular weight is 550 g/mol. The molecule has 0 aromatic carbocycles. The fourth-order valence-electron chi connectivity index (χ4n) is 5.00. The van der Waals surface area contributed by atoms with Crippen molar-refractivity contribution in [3.8, 4) is 0 Å². The predicted molar refractivity (Wildman–Crippen MR) is 137 cm³/mol. The highest BCUT2D eigenvalue weighted by molar-refractivity contribution is 14.0. The number of halogens is 1. The molecule has 3 aliphatic rings. The lowest BCUT2D eigenvalue weighted by atomic mass is 9.92. The minimum Gasteiger partial charge on any atom is -0.382 e. The third-order valence-corrected chi connectivity index (χ3v) is 7.02. The zero-order chi connectivity index (χ0) is 21.6. The molecule has 1 N–H and O–H groups in total. The lowest BCUT2D eigenvalue weighted by Crippen LogP contribution is -2.55. The maximum atomic E-state index is 12.8. The topological polar surface area (TPSA) is 60.4 Å². The van der Waals surface area contributed by atoms with Gasteiger partial charge in [-0.2, -0.15) is 0 Å². The molecule has 3 fully saturated rings. The Morgan fingerprint density at radius 1 is 1.10 bits per heavy atom. The molecule has 180 valence electrons. The van der Waals surface area contributed by atoms with Crippen LogP contribution in [0.1, 0.15) is 46.5 Å². The second kappa shape index (κ2) is 12.6. The van der Waals surface area contributed by atoms with Gasteiger partial charge in [0, 0.05) is 66.1 Å². The van der Waals surface area contributed by atoms with Gasteiger partial charge in [-0.1, -0.05) is 13.8 Å². The normalized spacial score (nSPS) is 26.4. The van der Waals surface area contributed by atoms with E-state index in [0.717, 1.165) is 71.4 Å². The van der Waals surface area contributed by atoms with Crippen molar-refractivity contribution >= 4 is 35.8 Å². The van der Waals surface area contributed by atoms with Crippen LogP contribution in [0.15, 0.2) is 4.99 Å². The van der Waals surface area contributed by atoms with Crippen LogP contribution in [-0.2, 0) is 9.53 Å². The number of nitrogens with zero attached hydrogens (tertiary/aromatic N) is 4. The summed E-state index contributed by atoms with van der Waals surface area (Å²) in [5.41, 5.74) is 0.405. The molecule has 31 heavy (non-hydrogen) atoms. The molecule has 2 aliphatic heterocycles. The third kappa shape index (κ3) is 8.03. The van der Waals surface area contributed by atoms with Crippen molar-refractivity contribution in [3.63, 3.8) is 0 Å². The van der Waals surface area contributed by atoms with E-state index in [1.165, 1.54) is 19.3 Å². The number of guanidine groups is 1. The summed E-state index contributed by atoms with van der Waals surface area (Å²) >= 11 is 0. The van der Waals surface area contributed by atoms with Gasteiger partial charge < -0.3 is 19.9 Å². The van der Waals surface area contributed by atoms with Crippen LogP contribution in [0.5, 0.6) is 0 Å². The largest absolute Gasteiger partial charge is 0.382 e. The second-order valence-electron chi connectivity index (χ2n) is 9.86. The van der Waals surface area contributed by atoms with Gasteiger partial charge in [-0.25, -0.2) is 0 Å². The van der Waals surface area contributed by atoms with Crippen LogP contribution in [0.3, 0.4) is 0 Å². The first kappa shape index (κ1) is 26.6. The van der Waals surface area contributed by atoms with Crippen molar-refractivity contribution in [3.05, 3.63) is 0 Å². The molecule has 8 heteroatoms. The van der Waals surface area contributed by atoms with E-state index in [9.17, 15) is 4.79 Å². The molecule has 1 aliphatic carbocycles. The molecule has 2 saturated heterocycles. The Morgan fingerprint density at radius 2 is 1.74 bits per heavy atom. The first-order chi connectivity index (χ1) is 14.4. The first-order valence-corrected chi connectivity index (χ1v) is 12.0. The number of rotatable bonds is 8. The molecule has 2 unspecified atom stereocenters. The van der Waals surface area contributed by atoms with Crippen LogP contribution in [0.2, 0.25) is 0 Å². The quantitative estimate of drug-likeness (QED) is 0.218. The van der Waals surface area contributed by atoms with E-state index in [1.807, 2.05) is 7.05 Å². The van der Waals surface area contributed by atoms with Crippen LogP contribution in [0, 0.1) is 17.3 Å². The monoisotopic (exact) mass is 549 g/mol. The van der Waals surface area contributed by atoms with Crippen molar-refractivity contribution in [1.29, 1.82) is 0 Å². The van der Waals surface area contributed by atoms with Crippen molar-refractivity contribution in [1.82, 2.24) is 20.0 Å². The highest BCUT2D eigenvalue weighted by atomic mass is 127. The summed E-state index contributed by atoms with van der Waals surface area (Å²) in [6.45, 7) is 15.3. The Labute approximate surface area is 206 Å².